The zero-order valence-electron chi connectivity index (χ0n) is 13.5. The van der Waals surface area contributed by atoms with Crippen molar-refractivity contribution in [3.05, 3.63) is 24.3 Å². The van der Waals surface area contributed by atoms with Crippen LogP contribution in [0.3, 0.4) is 0 Å². The zero-order valence-corrected chi connectivity index (χ0v) is 15.1. The number of carbonyl (C=O) groups excluding carboxylic acids is 1. The highest BCUT2D eigenvalue weighted by atomic mass is 32.2. The summed E-state index contributed by atoms with van der Waals surface area (Å²) in [5.41, 5.74) is 0.422. The van der Waals surface area contributed by atoms with Crippen LogP contribution in [0.1, 0.15) is 20.8 Å². The molecule has 0 fully saturated rings. The van der Waals surface area contributed by atoms with Gasteiger partial charge in [-0.2, -0.15) is 0 Å². The number of rotatable bonds is 6. The third-order valence-corrected chi connectivity index (χ3v) is 4.43. The number of benzene rings is 1. The van der Waals surface area contributed by atoms with Crippen molar-refractivity contribution in [2.75, 3.05) is 18.2 Å². The molecule has 1 heterocycles. The molecule has 8 heteroatoms. The summed E-state index contributed by atoms with van der Waals surface area (Å²) in [5, 5.41) is 11.9. The third kappa shape index (κ3) is 6.07. The first-order chi connectivity index (χ1) is 10.9. The van der Waals surface area contributed by atoms with E-state index in [0.29, 0.717) is 9.47 Å². The highest BCUT2D eigenvalue weighted by Gasteiger charge is 2.17. The van der Waals surface area contributed by atoms with Crippen molar-refractivity contribution in [2.45, 2.75) is 30.7 Å². The monoisotopic (exact) mass is 353 g/mol. The van der Waals surface area contributed by atoms with E-state index in [0.717, 1.165) is 11.4 Å². The molecular formula is C15H19N3O3S2. The molecule has 0 spiro atoms. The van der Waals surface area contributed by atoms with E-state index >= 15 is 0 Å². The molecule has 1 aromatic carbocycles. The average Bonchev–Trinajstić information content (AvgIpc) is 2.92. The largest absolute Gasteiger partial charge is 0.497 e. The molecule has 6 nitrogen and oxygen atoms in total. The number of anilines is 2. The van der Waals surface area contributed by atoms with E-state index in [9.17, 15) is 4.79 Å². The number of aromatic nitrogens is 2. The van der Waals surface area contributed by atoms with Crippen LogP contribution in [0.2, 0.25) is 0 Å². The topological polar surface area (TPSA) is 73.3 Å². The van der Waals surface area contributed by atoms with Crippen molar-refractivity contribution in [3.8, 4) is 5.75 Å². The van der Waals surface area contributed by atoms with Gasteiger partial charge in [-0.3, -0.25) is 4.79 Å². The molecule has 0 atom stereocenters. The molecule has 1 N–H and O–H groups in total. The summed E-state index contributed by atoms with van der Waals surface area (Å²) in [5.74, 6) is 0.748. The Morgan fingerprint density at radius 3 is 2.57 bits per heavy atom. The van der Waals surface area contributed by atoms with E-state index < -0.39 is 5.60 Å². The number of carbonyl (C=O) groups is 1. The van der Waals surface area contributed by atoms with Crippen LogP contribution < -0.4 is 10.1 Å². The molecule has 0 saturated heterocycles. The number of nitrogens with zero attached hydrogens (tertiary/aromatic N) is 2. The Morgan fingerprint density at radius 1 is 1.26 bits per heavy atom. The van der Waals surface area contributed by atoms with Gasteiger partial charge in [0.05, 0.1) is 12.9 Å². The number of ether oxygens (including phenoxy) is 2. The summed E-state index contributed by atoms with van der Waals surface area (Å²) in [6, 6.07) is 7.52. The lowest BCUT2D eigenvalue weighted by Crippen LogP contribution is -2.24. The molecule has 0 bridgehead atoms. The second-order valence-corrected chi connectivity index (χ2v) is 7.80. The van der Waals surface area contributed by atoms with Crippen molar-refractivity contribution in [1.82, 2.24) is 10.2 Å². The Kier molecular flexibility index (Phi) is 5.84. The lowest BCUT2D eigenvalue weighted by Gasteiger charge is -2.18. The Morgan fingerprint density at radius 2 is 1.96 bits per heavy atom. The summed E-state index contributed by atoms with van der Waals surface area (Å²) in [6.07, 6.45) is 0. The molecule has 0 aliphatic heterocycles. The fraction of sp³-hybridized carbons (Fsp3) is 0.400. The smallest absolute Gasteiger partial charge is 0.316 e. The molecule has 2 aromatic rings. The molecule has 1 aromatic heterocycles. The minimum Gasteiger partial charge on any atom is -0.497 e. The summed E-state index contributed by atoms with van der Waals surface area (Å²) in [6.45, 7) is 5.53. The van der Waals surface area contributed by atoms with Crippen LogP contribution in [0, 0.1) is 0 Å². The first-order valence-corrected chi connectivity index (χ1v) is 8.75. The minimum atomic E-state index is -0.472. The zero-order chi connectivity index (χ0) is 16.9. The highest BCUT2D eigenvalue weighted by molar-refractivity contribution is 8.01. The normalized spacial score (nSPS) is 11.1. The van der Waals surface area contributed by atoms with Gasteiger partial charge in [-0.15, -0.1) is 10.2 Å². The SMILES string of the molecule is COc1ccc(Nc2nnc(SCC(=O)OC(C)(C)C)s2)cc1. The number of thioether (sulfide) groups is 1. The number of hydrogen-bond donors (Lipinski definition) is 1. The summed E-state index contributed by atoms with van der Waals surface area (Å²) < 4.78 is 11.1. The molecule has 0 amide bonds. The van der Waals surface area contributed by atoms with Crippen LogP contribution in [0.25, 0.3) is 0 Å². The van der Waals surface area contributed by atoms with E-state index in [1.54, 1.807) is 7.11 Å². The van der Waals surface area contributed by atoms with Crippen molar-refractivity contribution >= 4 is 39.9 Å². The van der Waals surface area contributed by atoms with E-state index in [1.807, 2.05) is 45.0 Å². The maximum absolute atomic E-state index is 11.7. The van der Waals surface area contributed by atoms with Gasteiger partial charge in [-0.1, -0.05) is 23.1 Å². The molecule has 0 aliphatic rings. The lowest BCUT2D eigenvalue weighted by atomic mass is 10.2. The Bertz CT molecular complexity index is 651. The Balaban J connectivity index is 1.86. The van der Waals surface area contributed by atoms with E-state index in [4.69, 9.17) is 9.47 Å². The second-order valence-electron chi connectivity index (χ2n) is 5.60. The molecule has 0 aliphatic carbocycles. The van der Waals surface area contributed by atoms with E-state index in [2.05, 4.69) is 15.5 Å². The number of esters is 1. The van der Waals surface area contributed by atoms with Gasteiger partial charge in [0.25, 0.3) is 0 Å². The van der Waals surface area contributed by atoms with Crippen molar-refractivity contribution in [3.63, 3.8) is 0 Å². The summed E-state index contributed by atoms with van der Waals surface area (Å²) in [4.78, 5) is 11.7. The van der Waals surface area contributed by atoms with Crippen LogP contribution in [0.15, 0.2) is 28.6 Å². The predicted molar refractivity (Wildman–Crippen MR) is 92.8 cm³/mol. The quantitative estimate of drug-likeness (QED) is 0.626. The van der Waals surface area contributed by atoms with E-state index in [1.165, 1.54) is 23.1 Å². The first kappa shape index (κ1) is 17.6. The van der Waals surface area contributed by atoms with Crippen molar-refractivity contribution < 1.29 is 14.3 Å². The Hall–Kier alpha value is -1.80. The van der Waals surface area contributed by atoms with Gasteiger partial charge in [-0.05, 0) is 45.0 Å². The minimum absolute atomic E-state index is 0.217. The molecule has 124 valence electrons. The van der Waals surface area contributed by atoms with Gasteiger partial charge in [0.1, 0.15) is 11.4 Å². The van der Waals surface area contributed by atoms with Crippen LogP contribution in [-0.4, -0.2) is 34.6 Å². The van der Waals surface area contributed by atoms with Gasteiger partial charge in [0.2, 0.25) is 5.13 Å². The molecule has 0 saturated carbocycles. The fourth-order valence-electron chi connectivity index (χ4n) is 1.61. The number of methoxy groups -OCH3 is 1. The van der Waals surface area contributed by atoms with Gasteiger partial charge in [0, 0.05) is 5.69 Å². The van der Waals surface area contributed by atoms with E-state index in [-0.39, 0.29) is 11.7 Å². The summed E-state index contributed by atoms with van der Waals surface area (Å²) >= 11 is 2.71. The standard InChI is InChI=1S/C15H19N3O3S2/c1-15(2,3)21-12(19)9-22-14-18-17-13(23-14)16-10-5-7-11(20-4)8-6-10/h5-8H,9H2,1-4H3,(H,16,17). The third-order valence-electron chi connectivity index (χ3n) is 2.48. The van der Waals surface area contributed by atoms with Crippen molar-refractivity contribution in [2.24, 2.45) is 0 Å². The van der Waals surface area contributed by atoms with Crippen LogP contribution >= 0.6 is 23.1 Å². The molecule has 2 rings (SSSR count). The number of hydrogen-bond acceptors (Lipinski definition) is 8. The maximum atomic E-state index is 11.7. The Labute approximate surface area is 143 Å². The fourth-order valence-corrected chi connectivity index (χ4v) is 3.15. The molecule has 0 unspecified atom stereocenters. The second kappa shape index (κ2) is 7.65. The van der Waals surface area contributed by atoms with Gasteiger partial charge in [0.15, 0.2) is 4.34 Å². The van der Waals surface area contributed by atoms with Gasteiger partial charge in [-0.25, -0.2) is 0 Å². The van der Waals surface area contributed by atoms with Crippen molar-refractivity contribution in [1.29, 1.82) is 0 Å². The van der Waals surface area contributed by atoms with Gasteiger partial charge < -0.3 is 14.8 Å². The van der Waals surface area contributed by atoms with Crippen LogP contribution in [0.4, 0.5) is 10.8 Å². The summed E-state index contributed by atoms with van der Waals surface area (Å²) in [7, 11) is 1.63. The highest BCUT2D eigenvalue weighted by Crippen LogP contribution is 2.28. The molecule has 0 radical (unpaired) electrons. The lowest BCUT2D eigenvalue weighted by molar-refractivity contribution is -0.151. The predicted octanol–water partition coefficient (Wildman–Crippen LogP) is 3.72. The van der Waals surface area contributed by atoms with Gasteiger partial charge >= 0.3 is 5.97 Å². The molecule has 23 heavy (non-hydrogen) atoms. The maximum Gasteiger partial charge on any atom is 0.316 e. The first-order valence-electron chi connectivity index (χ1n) is 6.95. The molecular weight excluding hydrogens is 334 g/mol. The van der Waals surface area contributed by atoms with Crippen LogP contribution in [-0.2, 0) is 9.53 Å². The van der Waals surface area contributed by atoms with Crippen LogP contribution in [0.5, 0.6) is 5.75 Å². The number of nitrogens with one attached hydrogen (secondary N) is 1. The average molecular weight is 353 g/mol.